The van der Waals surface area contributed by atoms with Gasteiger partial charge in [0.25, 0.3) is 0 Å². The van der Waals surface area contributed by atoms with Crippen LogP contribution in [0.5, 0.6) is 0 Å². The maximum Gasteiger partial charge on any atom is 0.472 e. The molecule has 0 aromatic heterocycles. The van der Waals surface area contributed by atoms with Crippen molar-refractivity contribution in [3.05, 3.63) is 85.1 Å². The molecule has 0 radical (unpaired) electrons. The summed E-state index contributed by atoms with van der Waals surface area (Å²) < 4.78 is 68.5. The number of phosphoric ester groups is 2. The third kappa shape index (κ3) is 70.7. The average Bonchev–Trinajstić information content (AvgIpc) is 0.979. The molecule has 0 aromatic rings. The number of unbranched alkanes of at least 4 members (excludes halogenated alkanes) is 33. The van der Waals surface area contributed by atoms with Crippen LogP contribution in [0.25, 0.3) is 0 Å². The molecule has 17 nitrogen and oxygen atoms in total. The number of carbonyl (C=O) groups excluding carboxylic acids is 4. The Balaban J connectivity index is 5.32. The Morgan fingerprint density at radius 2 is 0.520 bits per heavy atom. The largest absolute Gasteiger partial charge is 0.472 e. The van der Waals surface area contributed by atoms with E-state index in [4.69, 9.17) is 37.0 Å². The minimum Gasteiger partial charge on any atom is -0.462 e. The summed E-state index contributed by atoms with van der Waals surface area (Å²) in [7, 11) is -9.95. The van der Waals surface area contributed by atoms with Crippen molar-refractivity contribution in [1.82, 2.24) is 0 Å². The first kappa shape index (κ1) is 94.2. The molecule has 0 spiro atoms. The molecule has 5 atom stereocenters. The van der Waals surface area contributed by atoms with Gasteiger partial charge in [0.2, 0.25) is 0 Å². The van der Waals surface area contributed by atoms with Crippen molar-refractivity contribution in [3.63, 3.8) is 0 Å². The summed E-state index contributed by atoms with van der Waals surface area (Å²) in [6.07, 6.45) is 72.8. The van der Waals surface area contributed by atoms with E-state index in [1.54, 1.807) is 0 Å². The lowest BCUT2D eigenvalue weighted by atomic mass is 10.0. The molecule has 0 amide bonds. The molecular weight excluding hydrogens is 1280 g/mol. The molecule has 0 aliphatic carbocycles. The zero-order valence-electron chi connectivity index (χ0n) is 62.0. The molecule has 0 saturated heterocycles. The number of carbonyl (C=O) groups is 4. The zero-order valence-corrected chi connectivity index (χ0v) is 63.7. The minimum absolute atomic E-state index is 0.0769. The summed E-state index contributed by atoms with van der Waals surface area (Å²) in [6, 6.07) is 0. The quantitative estimate of drug-likeness (QED) is 0.0169. The second kappa shape index (κ2) is 71.6. The van der Waals surface area contributed by atoms with Gasteiger partial charge in [-0.05, 0) is 116 Å². The van der Waals surface area contributed by atoms with Crippen molar-refractivity contribution >= 4 is 39.5 Å². The third-order valence-corrected chi connectivity index (χ3v) is 18.2. The Kier molecular flexibility index (Phi) is 68.9. The second-order valence-corrected chi connectivity index (χ2v) is 28.9. The number of hydrogen-bond acceptors (Lipinski definition) is 15. The van der Waals surface area contributed by atoms with Gasteiger partial charge >= 0.3 is 39.5 Å². The van der Waals surface area contributed by atoms with Crippen LogP contribution < -0.4 is 0 Å². The molecule has 0 saturated carbocycles. The fraction of sp³-hybridized carbons (Fsp3) is 0.772. The Bertz CT molecular complexity index is 2190. The Morgan fingerprint density at radius 3 is 0.827 bits per heavy atom. The summed E-state index contributed by atoms with van der Waals surface area (Å²) in [4.78, 5) is 72.8. The molecule has 5 unspecified atom stereocenters. The predicted molar refractivity (Wildman–Crippen MR) is 399 cm³/mol. The van der Waals surface area contributed by atoms with Gasteiger partial charge in [-0.15, -0.1) is 0 Å². The second-order valence-electron chi connectivity index (χ2n) is 25.9. The number of aliphatic hydroxyl groups excluding tert-OH is 1. The van der Waals surface area contributed by atoms with Crippen LogP contribution in [-0.4, -0.2) is 96.7 Å². The molecule has 0 rings (SSSR count). The molecule has 0 aliphatic rings. The van der Waals surface area contributed by atoms with E-state index in [1.807, 2.05) is 0 Å². The zero-order chi connectivity index (χ0) is 71.8. The highest BCUT2D eigenvalue weighted by atomic mass is 31.2. The third-order valence-electron chi connectivity index (χ3n) is 16.3. The van der Waals surface area contributed by atoms with Gasteiger partial charge in [0, 0.05) is 25.7 Å². The highest BCUT2D eigenvalue weighted by Gasteiger charge is 2.30. The Hall–Kier alpha value is -3.76. The number of aliphatic hydroxyl groups is 1. The predicted octanol–water partition coefficient (Wildman–Crippen LogP) is 22.2. The lowest BCUT2D eigenvalue weighted by Crippen LogP contribution is -2.30. The average molecular weight is 1420 g/mol. The van der Waals surface area contributed by atoms with E-state index in [0.717, 1.165) is 186 Å². The van der Waals surface area contributed by atoms with Crippen LogP contribution in [0, 0.1) is 0 Å². The SMILES string of the molecule is CCC/C=C\C/C=C\CCCCCCCC(=O)OCC(COP(=O)(O)OCC(O)COP(=O)(O)OCC(COC(=O)CCCCCCCC/C=C\C/C=C\C/C=C\CCCCC)OC(=O)CCCCCCCCCCCCCCC)OC(=O)CCCCCCC/C=C\C/C=C\CCC. The molecular formula is C79H140O17P2. The number of esters is 4. The molecule has 98 heavy (non-hydrogen) atoms. The first-order valence-electron chi connectivity index (χ1n) is 38.8. The van der Waals surface area contributed by atoms with E-state index in [2.05, 4.69) is 113 Å². The van der Waals surface area contributed by atoms with E-state index < -0.39 is 97.5 Å². The van der Waals surface area contributed by atoms with Crippen LogP contribution in [0.1, 0.15) is 336 Å². The van der Waals surface area contributed by atoms with Crippen molar-refractivity contribution in [2.75, 3.05) is 39.6 Å². The van der Waals surface area contributed by atoms with Crippen LogP contribution >= 0.6 is 15.6 Å². The monoisotopic (exact) mass is 1420 g/mol. The molecule has 0 bridgehead atoms. The van der Waals surface area contributed by atoms with Gasteiger partial charge in [0.15, 0.2) is 12.2 Å². The fourth-order valence-electron chi connectivity index (χ4n) is 10.4. The van der Waals surface area contributed by atoms with Crippen LogP contribution in [0.15, 0.2) is 85.1 Å². The van der Waals surface area contributed by atoms with Gasteiger partial charge in [0.05, 0.1) is 26.4 Å². The maximum atomic E-state index is 13.1. The van der Waals surface area contributed by atoms with Crippen molar-refractivity contribution in [2.45, 2.75) is 354 Å². The lowest BCUT2D eigenvalue weighted by molar-refractivity contribution is -0.161. The standard InChI is InChI=1S/C79H140O17P2/c1-5-9-13-17-21-25-29-33-34-35-36-37-38-42-44-48-52-56-60-64-77(82)90-70-75(96-79(84)66-62-58-54-50-46-41-32-28-24-20-16-12-8-4)72-94-98(87,88)92-68-73(80)67-91-97(85,86)93-71-74(95-78(83)65-61-57-53-49-45-40-31-27-23-19-15-11-7-3)69-89-76(81)63-59-55-51-47-43-39-30-26-22-18-14-10-6-2/h14-15,18-19,21,25-27,30-31,33-34,36-37,73-75,80H,5-13,16-17,20,22-24,28-29,32,35,38-72H2,1-4H3,(H,85,86)(H,87,88)/b18-14-,19-15-,25-21-,30-26-,31-27-,34-33-,37-36-. The van der Waals surface area contributed by atoms with E-state index in [1.165, 1.54) is 70.6 Å². The number of allylic oxidation sites excluding steroid dienone is 14. The molecule has 0 aliphatic heterocycles. The van der Waals surface area contributed by atoms with Crippen molar-refractivity contribution in [1.29, 1.82) is 0 Å². The van der Waals surface area contributed by atoms with Gasteiger partial charge in [-0.25, -0.2) is 9.13 Å². The number of rotatable bonds is 73. The van der Waals surface area contributed by atoms with E-state index in [0.29, 0.717) is 25.7 Å². The first-order valence-corrected chi connectivity index (χ1v) is 41.8. The molecule has 3 N–H and O–H groups in total. The number of phosphoric acid groups is 2. The van der Waals surface area contributed by atoms with E-state index in [9.17, 15) is 43.2 Å². The Morgan fingerprint density at radius 1 is 0.286 bits per heavy atom. The topological polar surface area (TPSA) is 237 Å². The van der Waals surface area contributed by atoms with Gasteiger partial charge in [0.1, 0.15) is 19.3 Å². The van der Waals surface area contributed by atoms with E-state index in [-0.39, 0.29) is 25.7 Å². The first-order chi connectivity index (χ1) is 47.7. The molecule has 568 valence electrons. The van der Waals surface area contributed by atoms with Gasteiger partial charge in [-0.2, -0.15) is 0 Å². The van der Waals surface area contributed by atoms with Crippen LogP contribution in [0.2, 0.25) is 0 Å². The van der Waals surface area contributed by atoms with Gasteiger partial charge in [-0.1, -0.05) is 280 Å². The normalized spacial score (nSPS) is 14.4. The molecule has 0 fully saturated rings. The van der Waals surface area contributed by atoms with Crippen molar-refractivity contribution < 1.29 is 80.2 Å². The smallest absolute Gasteiger partial charge is 0.462 e. The van der Waals surface area contributed by atoms with Crippen molar-refractivity contribution in [3.8, 4) is 0 Å². The number of hydrogen-bond donors (Lipinski definition) is 3. The van der Waals surface area contributed by atoms with Gasteiger partial charge in [-0.3, -0.25) is 37.3 Å². The van der Waals surface area contributed by atoms with Crippen molar-refractivity contribution in [2.24, 2.45) is 0 Å². The summed E-state index contributed by atoms with van der Waals surface area (Å²) in [5, 5.41) is 10.6. The summed E-state index contributed by atoms with van der Waals surface area (Å²) >= 11 is 0. The van der Waals surface area contributed by atoms with Crippen LogP contribution in [0.4, 0.5) is 0 Å². The Labute approximate surface area is 595 Å². The highest BCUT2D eigenvalue weighted by molar-refractivity contribution is 7.47. The fourth-order valence-corrected chi connectivity index (χ4v) is 11.9. The lowest BCUT2D eigenvalue weighted by Gasteiger charge is -2.21. The van der Waals surface area contributed by atoms with Gasteiger partial charge < -0.3 is 33.8 Å². The molecule has 0 aromatic carbocycles. The van der Waals surface area contributed by atoms with Crippen LogP contribution in [-0.2, 0) is 65.4 Å². The maximum absolute atomic E-state index is 13.1. The molecule has 0 heterocycles. The minimum atomic E-state index is -4.98. The summed E-state index contributed by atoms with van der Waals surface area (Å²) in [5.74, 6) is -2.20. The van der Waals surface area contributed by atoms with Crippen LogP contribution in [0.3, 0.4) is 0 Å². The van der Waals surface area contributed by atoms with E-state index >= 15 is 0 Å². The summed E-state index contributed by atoms with van der Waals surface area (Å²) in [6.45, 7) is 4.70. The number of ether oxygens (including phenoxy) is 4. The highest BCUT2D eigenvalue weighted by Crippen LogP contribution is 2.45. The molecule has 19 heteroatoms. The summed E-state index contributed by atoms with van der Waals surface area (Å²) in [5.41, 5.74) is 0.